The zero-order valence-electron chi connectivity index (χ0n) is 17.3. The number of para-hydroxylation sites is 1. The van der Waals surface area contributed by atoms with E-state index in [9.17, 15) is 9.90 Å². The Kier molecular flexibility index (Phi) is 6.80. The molecule has 0 bridgehead atoms. The zero-order chi connectivity index (χ0) is 21.5. The highest BCUT2D eigenvalue weighted by atomic mass is 16.5. The molecule has 0 radical (unpaired) electrons. The molecule has 156 valence electrons. The topological polar surface area (TPSA) is 77.0 Å². The largest absolute Gasteiger partial charge is 0.495 e. The van der Waals surface area contributed by atoms with E-state index in [4.69, 9.17) is 14.2 Å². The fourth-order valence-corrected chi connectivity index (χ4v) is 3.15. The number of carboxylic acid groups (broad SMARTS) is 1. The van der Waals surface area contributed by atoms with Crippen molar-refractivity contribution in [2.75, 3.05) is 19.5 Å². The number of carbonyl (C=O) groups is 1. The molecule has 0 aliphatic rings. The summed E-state index contributed by atoms with van der Waals surface area (Å²) in [6.45, 7) is 2.85. The van der Waals surface area contributed by atoms with Gasteiger partial charge in [0.05, 0.1) is 25.5 Å². The summed E-state index contributed by atoms with van der Waals surface area (Å²) in [5, 5.41) is 12.5. The highest BCUT2D eigenvalue weighted by Crippen LogP contribution is 2.33. The molecule has 0 spiro atoms. The minimum absolute atomic E-state index is 0.180. The van der Waals surface area contributed by atoms with Crippen molar-refractivity contribution in [1.29, 1.82) is 0 Å². The van der Waals surface area contributed by atoms with Crippen molar-refractivity contribution in [2.24, 2.45) is 0 Å². The molecule has 0 aliphatic carbocycles. The highest BCUT2D eigenvalue weighted by molar-refractivity contribution is 5.89. The standard InChI is InChI=1S/C24H25NO5/c1-16-6-4-7-17(12-16)15-30-23-19(8-5-9-22(23)29-3)14-25-20-13-18(24(26)27)10-11-21(20)28-2/h4-13,25H,14-15H2,1-3H3,(H,26,27). The number of ether oxygens (including phenoxy) is 3. The number of rotatable bonds is 9. The van der Waals surface area contributed by atoms with Crippen LogP contribution in [0, 0.1) is 6.92 Å². The maximum atomic E-state index is 11.3. The lowest BCUT2D eigenvalue weighted by Crippen LogP contribution is -2.07. The highest BCUT2D eigenvalue weighted by Gasteiger charge is 2.13. The molecular weight excluding hydrogens is 382 g/mol. The predicted molar refractivity (Wildman–Crippen MR) is 116 cm³/mol. The molecule has 0 aliphatic heterocycles. The van der Waals surface area contributed by atoms with Crippen LogP contribution in [-0.2, 0) is 13.2 Å². The van der Waals surface area contributed by atoms with Crippen LogP contribution in [-0.4, -0.2) is 25.3 Å². The molecule has 0 amide bonds. The Morgan fingerprint density at radius 2 is 1.73 bits per heavy atom. The van der Waals surface area contributed by atoms with Gasteiger partial charge in [0.25, 0.3) is 0 Å². The first-order valence-corrected chi connectivity index (χ1v) is 9.51. The maximum Gasteiger partial charge on any atom is 0.335 e. The summed E-state index contributed by atoms with van der Waals surface area (Å²) in [5.74, 6) is 0.838. The zero-order valence-corrected chi connectivity index (χ0v) is 17.3. The van der Waals surface area contributed by atoms with Crippen molar-refractivity contribution in [3.8, 4) is 17.2 Å². The first-order chi connectivity index (χ1) is 14.5. The van der Waals surface area contributed by atoms with Gasteiger partial charge in [0.2, 0.25) is 0 Å². The van der Waals surface area contributed by atoms with E-state index in [1.54, 1.807) is 26.4 Å². The average molecular weight is 407 g/mol. The predicted octanol–water partition coefficient (Wildman–Crippen LogP) is 4.90. The van der Waals surface area contributed by atoms with Crippen LogP contribution < -0.4 is 19.5 Å². The lowest BCUT2D eigenvalue weighted by molar-refractivity contribution is 0.0697. The molecule has 0 unspecified atom stereocenters. The van der Waals surface area contributed by atoms with Gasteiger partial charge in [0.15, 0.2) is 11.5 Å². The van der Waals surface area contributed by atoms with Crippen molar-refractivity contribution in [2.45, 2.75) is 20.1 Å². The fraction of sp³-hybridized carbons (Fsp3) is 0.208. The molecular formula is C24H25NO5. The molecule has 6 heteroatoms. The van der Waals surface area contributed by atoms with E-state index in [-0.39, 0.29) is 5.56 Å². The summed E-state index contributed by atoms with van der Waals surface area (Å²) in [7, 11) is 3.15. The Hall–Kier alpha value is -3.67. The maximum absolute atomic E-state index is 11.3. The smallest absolute Gasteiger partial charge is 0.335 e. The van der Waals surface area contributed by atoms with Gasteiger partial charge in [-0.3, -0.25) is 0 Å². The van der Waals surface area contributed by atoms with Gasteiger partial charge < -0.3 is 24.6 Å². The molecule has 3 aromatic carbocycles. The lowest BCUT2D eigenvalue weighted by Gasteiger charge is -2.17. The number of hydrogen-bond donors (Lipinski definition) is 2. The number of methoxy groups -OCH3 is 2. The van der Waals surface area contributed by atoms with Crippen LogP contribution in [0.2, 0.25) is 0 Å². The number of hydrogen-bond acceptors (Lipinski definition) is 5. The Bertz CT molecular complexity index is 1030. The monoisotopic (exact) mass is 407 g/mol. The summed E-state index contributed by atoms with van der Waals surface area (Å²) < 4.78 is 17.0. The fourth-order valence-electron chi connectivity index (χ4n) is 3.15. The van der Waals surface area contributed by atoms with Crippen LogP contribution in [0.3, 0.4) is 0 Å². The molecule has 6 nitrogen and oxygen atoms in total. The molecule has 0 aromatic heterocycles. The second kappa shape index (κ2) is 9.69. The first kappa shape index (κ1) is 21.0. The Balaban J connectivity index is 1.82. The van der Waals surface area contributed by atoms with E-state index < -0.39 is 5.97 Å². The van der Waals surface area contributed by atoms with Crippen molar-refractivity contribution in [1.82, 2.24) is 0 Å². The summed E-state index contributed by atoms with van der Waals surface area (Å²) in [6.07, 6.45) is 0. The second-order valence-electron chi connectivity index (χ2n) is 6.80. The van der Waals surface area contributed by atoms with Gasteiger partial charge in [0.1, 0.15) is 12.4 Å². The van der Waals surface area contributed by atoms with Gasteiger partial charge in [-0.25, -0.2) is 4.79 Å². The third-order valence-electron chi connectivity index (χ3n) is 4.66. The van der Waals surface area contributed by atoms with Gasteiger partial charge in [-0.05, 0) is 36.8 Å². The van der Waals surface area contributed by atoms with Gasteiger partial charge in [-0.1, -0.05) is 42.0 Å². The van der Waals surface area contributed by atoms with E-state index in [2.05, 4.69) is 11.4 Å². The number of anilines is 1. The van der Waals surface area contributed by atoms with Gasteiger partial charge in [-0.2, -0.15) is 0 Å². The number of carboxylic acids is 1. The minimum atomic E-state index is -0.996. The first-order valence-electron chi connectivity index (χ1n) is 9.51. The minimum Gasteiger partial charge on any atom is -0.495 e. The molecule has 0 fully saturated rings. The van der Waals surface area contributed by atoms with E-state index in [1.807, 2.05) is 43.3 Å². The molecule has 0 saturated carbocycles. The molecule has 0 atom stereocenters. The van der Waals surface area contributed by atoms with E-state index >= 15 is 0 Å². The van der Waals surface area contributed by atoms with Crippen molar-refractivity contribution in [3.63, 3.8) is 0 Å². The number of benzene rings is 3. The van der Waals surface area contributed by atoms with Crippen molar-refractivity contribution >= 4 is 11.7 Å². The molecule has 2 N–H and O–H groups in total. The van der Waals surface area contributed by atoms with E-state index in [0.29, 0.717) is 36.1 Å². The summed E-state index contributed by atoms with van der Waals surface area (Å²) >= 11 is 0. The summed E-state index contributed by atoms with van der Waals surface area (Å²) in [6, 6.07) is 18.5. The summed E-state index contributed by atoms with van der Waals surface area (Å²) in [4.78, 5) is 11.3. The molecule has 30 heavy (non-hydrogen) atoms. The normalized spacial score (nSPS) is 10.4. The number of nitrogens with one attached hydrogen (secondary N) is 1. The van der Waals surface area contributed by atoms with Crippen LogP contribution in [0.25, 0.3) is 0 Å². The molecule has 0 heterocycles. The third kappa shape index (κ3) is 5.03. The SMILES string of the molecule is COc1ccc(C(=O)O)cc1NCc1cccc(OC)c1OCc1cccc(C)c1. The lowest BCUT2D eigenvalue weighted by atomic mass is 10.1. The molecule has 3 aromatic rings. The third-order valence-corrected chi connectivity index (χ3v) is 4.66. The van der Waals surface area contributed by atoms with Crippen LogP contribution in [0.5, 0.6) is 17.2 Å². The second-order valence-corrected chi connectivity index (χ2v) is 6.80. The Labute approximate surface area is 176 Å². The Morgan fingerprint density at radius 3 is 2.43 bits per heavy atom. The number of aryl methyl sites for hydroxylation is 1. The molecule has 0 saturated heterocycles. The van der Waals surface area contributed by atoms with Gasteiger partial charge in [-0.15, -0.1) is 0 Å². The van der Waals surface area contributed by atoms with Crippen LogP contribution in [0.15, 0.2) is 60.7 Å². The van der Waals surface area contributed by atoms with E-state index in [0.717, 1.165) is 11.1 Å². The van der Waals surface area contributed by atoms with E-state index in [1.165, 1.54) is 11.6 Å². The van der Waals surface area contributed by atoms with Gasteiger partial charge >= 0.3 is 5.97 Å². The van der Waals surface area contributed by atoms with Crippen molar-refractivity contribution < 1.29 is 24.1 Å². The summed E-state index contributed by atoms with van der Waals surface area (Å²) in [5.41, 5.74) is 3.88. The number of aromatic carboxylic acids is 1. The quantitative estimate of drug-likeness (QED) is 0.525. The van der Waals surface area contributed by atoms with Crippen LogP contribution in [0.4, 0.5) is 5.69 Å². The van der Waals surface area contributed by atoms with Crippen LogP contribution >= 0.6 is 0 Å². The van der Waals surface area contributed by atoms with Crippen LogP contribution in [0.1, 0.15) is 27.0 Å². The molecule has 3 rings (SSSR count). The average Bonchev–Trinajstić information content (AvgIpc) is 2.76. The Morgan fingerprint density at radius 1 is 0.967 bits per heavy atom. The van der Waals surface area contributed by atoms with Crippen molar-refractivity contribution in [3.05, 3.63) is 82.9 Å². The van der Waals surface area contributed by atoms with Gasteiger partial charge in [0, 0.05) is 12.1 Å².